The molecule has 0 saturated carbocycles. The summed E-state index contributed by atoms with van der Waals surface area (Å²) in [7, 11) is 2.64. The van der Waals surface area contributed by atoms with Crippen molar-refractivity contribution in [3.63, 3.8) is 0 Å². The summed E-state index contributed by atoms with van der Waals surface area (Å²) in [6, 6.07) is 0. The fourth-order valence-corrected chi connectivity index (χ4v) is 2.71. The third kappa shape index (κ3) is 1.11. The molecule has 2 fully saturated rings. The predicted molar refractivity (Wildman–Crippen MR) is 47.7 cm³/mol. The molecule has 0 aliphatic carbocycles. The van der Waals surface area contributed by atoms with Crippen molar-refractivity contribution in [1.82, 2.24) is 0 Å². The summed E-state index contributed by atoms with van der Waals surface area (Å²) in [4.78, 5) is 0. The molecule has 1 radical (unpaired) electrons. The molecule has 0 aromatic carbocycles. The Hall–Kier alpha value is 0.0649. The zero-order valence-electron chi connectivity index (χ0n) is 6.90. The van der Waals surface area contributed by atoms with E-state index >= 15 is 0 Å². The number of hydrogen-bond acceptors (Lipinski definition) is 0. The average Bonchev–Trinajstić information content (AvgIpc) is 1.86. The van der Waals surface area contributed by atoms with Crippen LogP contribution in [0.1, 0.15) is 46.9 Å². The molecule has 0 N–H and O–H groups in total. The Morgan fingerprint density at radius 3 is 2.30 bits per heavy atom. The monoisotopic (exact) mass is 137 g/mol. The molecule has 0 aromatic rings. The van der Waals surface area contributed by atoms with Crippen molar-refractivity contribution in [2.24, 2.45) is 0 Å². The molecule has 0 aromatic heterocycles. The van der Waals surface area contributed by atoms with Crippen molar-refractivity contribution in [2.75, 3.05) is 0 Å². The van der Waals surface area contributed by atoms with Gasteiger partial charge in [-0.25, -0.2) is 0 Å². The highest BCUT2D eigenvalue weighted by molar-refractivity contribution is 6.42. The molecule has 1 heteroatoms. The normalized spacial score (nSPS) is 46.3. The minimum absolute atomic E-state index is 0. The first-order valence-corrected chi connectivity index (χ1v) is 4.65. The Balaban J connectivity index is 0.000000605. The van der Waals surface area contributed by atoms with Gasteiger partial charge in [-0.3, -0.25) is 0 Å². The fraction of sp³-hybridized carbons (Fsp3) is 1.00. The van der Waals surface area contributed by atoms with E-state index in [-0.39, 0.29) is 1.43 Å². The zero-order chi connectivity index (χ0) is 7.03. The van der Waals surface area contributed by atoms with Gasteiger partial charge in [-0.1, -0.05) is 56.6 Å². The molecule has 0 unspecified atom stereocenters. The van der Waals surface area contributed by atoms with Crippen LogP contribution in [0.4, 0.5) is 0 Å². The highest BCUT2D eigenvalue weighted by Gasteiger charge is 2.35. The van der Waals surface area contributed by atoms with E-state index in [1.807, 2.05) is 0 Å². The summed E-state index contributed by atoms with van der Waals surface area (Å²) < 4.78 is 0. The van der Waals surface area contributed by atoms with Crippen LogP contribution in [0.3, 0.4) is 0 Å². The standard InChI is InChI=1S/C9H16B.H2/c1-9-6-2-4-8(10-9)5-3-7-9;/h8H,2-7H2,1H3;1H. The Morgan fingerprint density at radius 2 is 1.90 bits per heavy atom. The maximum absolute atomic E-state index is 2.64. The molecule has 0 nitrogen and oxygen atoms in total. The molecular weight excluding hydrogens is 119 g/mol. The molecular formula is C9H18B. The van der Waals surface area contributed by atoms with Gasteiger partial charge in [0.1, 0.15) is 7.28 Å². The van der Waals surface area contributed by atoms with Crippen LogP contribution in [0.15, 0.2) is 0 Å². The highest BCUT2D eigenvalue weighted by atomic mass is 14.3. The minimum Gasteiger partial charge on any atom is -0.0682 e. The van der Waals surface area contributed by atoms with E-state index in [4.69, 9.17) is 0 Å². The summed E-state index contributed by atoms with van der Waals surface area (Å²) in [5.74, 6) is 0.993. The largest absolute Gasteiger partial charge is 0.121 e. The van der Waals surface area contributed by atoms with E-state index in [9.17, 15) is 0 Å². The second-order valence-electron chi connectivity index (χ2n) is 4.37. The van der Waals surface area contributed by atoms with E-state index in [0.29, 0.717) is 5.31 Å². The fourth-order valence-electron chi connectivity index (χ4n) is 2.71. The van der Waals surface area contributed by atoms with Gasteiger partial charge in [0.2, 0.25) is 0 Å². The maximum Gasteiger partial charge on any atom is 0.121 e. The van der Waals surface area contributed by atoms with Crippen LogP contribution in [0.25, 0.3) is 0 Å². The van der Waals surface area contributed by atoms with Crippen LogP contribution in [-0.2, 0) is 0 Å². The smallest absolute Gasteiger partial charge is 0.0682 e. The summed E-state index contributed by atoms with van der Waals surface area (Å²) in [6.45, 7) is 2.44. The summed E-state index contributed by atoms with van der Waals surface area (Å²) in [6.07, 6.45) is 8.85. The Bertz CT molecular complexity index is 126. The third-order valence-corrected chi connectivity index (χ3v) is 3.28. The second-order valence-corrected chi connectivity index (χ2v) is 4.37. The summed E-state index contributed by atoms with van der Waals surface area (Å²) in [5.41, 5.74) is 0. The molecule has 2 saturated heterocycles. The Labute approximate surface area is 66.1 Å². The Kier molecular flexibility index (Phi) is 1.54. The second kappa shape index (κ2) is 2.28. The van der Waals surface area contributed by atoms with Crippen LogP contribution >= 0.6 is 0 Å². The van der Waals surface area contributed by atoms with Crippen LogP contribution in [-0.4, -0.2) is 7.28 Å². The topological polar surface area (TPSA) is 0 Å². The number of fused-ring (bicyclic) bond motifs is 2. The summed E-state index contributed by atoms with van der Waals surface area (Å²) >= 11 is 0. The lowest BCUT2D eigenvalue weighted by atomic mass is 9.36. The first-order chi connectivity index (χ1) is 4.79. The van der Waals surface area contributed by atoms with Gasteiger partial charge in [0, 0.05) is 1.43 Å². The van der Waals surface area contributed by atoms with Gasteiger partial charge < -0.3 is 0 Å². The molecule has 0 spiro atoms. The van der Waals surface area contributed by atoms with E-state index in [0.717, 1.165) is 5.82 Å². The van der Waals surface area contributed by atoms with Gasteiger partial charge in [-0.15, -0.1) is 0 Å². The number of rotatable bonds is 0. The van der Waals surface area contributed by atoms with E-state index in [1.54, 1.807) is 0 Å². The van der Waals surface area contributed by atoms with Crippen molar-refractivity contribution in [2.45, 2.75) is 56.6 Å². The molecule has 2 aliphatic heterocycles. The van der Waals surface area contributed by atoms with Crippen molar-refractivity contribution in [3.8, 4) is 0 Å². The first-order valence-electron chi connectivity index (χ1n) is 4.65. The van der Waals surface area contributed by atoms with Gasteiger partial charge in [-0.2, -0.15) is 0 Å². The molecule has 0 amide bonds. The predicted octanol–water partition coefficient (Wildman–Crippen LogP) is 3.27. The molecule has 57 valence electrons. The summed E-state index contributed by atoms with van der Waals surface area (Å²) in [5, 5.41) is 0.654. The molecule has 10 heavy (non-hydrogen) atoms. The van der Waals surface area contributed by atoms with Gasteiger partial charge in [0.25, 0.3) is 0 Å². The van der Waals surface area contributed by atoms with E-state index < -0.39 is 0 Å². The van der Waals surface area contributed by atoms with Gasteiger partial charge in [-0.05, 0) is 0 Å². The van der Waals surface area contributed by atoms with E-state index in [1.165, 1.54) is 38.5 Å². The van der Waals surface area contributed by atoms with Crippen LogP contribution < -0.4 is 0 Å². The van der Waals surface area contributed by atoms with Gasteiger partial charge in [0.05, 0.1) is 0 Å². The Morgan fingerprint density at radius 1 is 1.30 bits per heavy atom. The average molecular weight is 137 g/mol. The third-order valence-electron chi connectivity index (χ3n) is 3.28. The molecule has 2 rings (SSSR count). The van der Waals surface area contributed by atoms with Crippen molar-refractivity contribution in [1.29, 1.82) is 0 Å². The van der Waals surface area contributed by atoms with E-state index in [2.05, 4.69) is 14.2 Å². The van der Waals surface area contributed by atoms with Crippen molar-refractivity contribution >= 4 is 7.28 Å². The number of hydrogen-bond donors (Lipinski definition) is 0. The molecule has 2 bridgehead atoms. The van der Waals surface area contributed by atoms with Crippen LogP contribution in [0, 0.1) is 0 Å². The first kappa shape index (κ1) is 6.76. The van der Waals surface area contributed by atoms with Crippen LogP contribution in [0.2, 0.25) is 11.1 Å². The molecule has 2 aliphatic rings. The van der Waals surface area contributed by atoms with Crippen molar-refractivity contribution in [3.05, 3.63) is 0 Å². The highest BCUT2D eigenvalue weighted by Crippen LogP contribution is 2.50. The maximum atomic E-state index is 2.64. The van der Waals surface area contributed by atoms with Gasteiger partial charge >= 0.3 is 0 Å². The molecule has 0 atom stereocenters. The van der Waals surface area contributed by atoms with Gasteiger partial charge in [0.15, 0.2) is 0 Å². The lowest BCUT2D eigenvalue weighted by molar-refractivity contribution is 0.370. The SMILES string of the molecule is CC12[B]C(CCC1)CCC2.[HH]. The van der Waals surface area contributed by atoms with Crippen LogP contribution in [0.5, 0.6) is 0 Å². The lowest BCUT2D eigenvalue weighted by Crippen LogP contribution is -2.29. The molecule has 2 heterocycles. The zero-order valence-corrected chi connectivity index (χ0v) is 6.90. The lowest BCUT2D eigenvalue weighted by Gasteiger charge is -2.42. The minimum atomic E-state index is 0. The van der Waals surface area contributed by atoms with Crippen molar-refractivity contribution < 1.29 is 1.43 Å². The quantitative estimate of drug-likeness (QED) is 0.449.